The molecule has 1 unspecified atom stereocenters. The Bertz CT molecular complexity index is 1320. The number of imidazole rings is 1. The van der Waals surface area contributed by atoms with Crippen LogP contribution < -0.4 is 21.3 Å². The summed E-state index contributed by atoms with van der Waals surface area (Å²) in [7, 11) is 0. The van der Waals surface area contributed by atoms with Gasteiger partial charge in [-0.05, 0) is 96.7 Å². The first-order chi connectivity index (χ1) is 16.5. The normalized spacial score (nSPS) is 23.4. The van der Waals surface area contributed by atoms with E-state index in [9.17, 15) is 4.79 Å². The van der Waals surface area contributed by atoms with Crippen molar-refractivity contribution in [1.29, 1.82) is 0 Å². The summed E-state index contributed by atoms with van der Waals surface area (Å²) >= 11 is 0. The first kappa shape index (κ1) is 22.4. The summed E-state index contributed by atoms with van der Waals surface area (Å²) in [6.45, 7) is 11.0. The van der Waals surface area contributed by atoms with E-state index in [1.165, 1.54) is 12.8 Å². The highest BCUT2D eigenvalue weighted by atomic mass is 16.2. The predicted octanol–water partition coefficient (Wildman–Crippen LogP) is 5.28. The molecule has 7 heteroatoms. The van der Waals surface area contributed by atoms with Gasteiger partial charge in [0.2, 0.25) is 5.91 Å². The van der Waals surface area contributed by atoms with Gasteiger partial charge in [0.25, 0.3) is 0 Å². The molecule has 1 aromatic heterocycles. The first-order valence-corrected chi connectivity index (χ1v) is 12.8. The number of benzene rings is 2. The summed E-state index contributed by atoms with van der Waals surface area (Å²) in [6, 6.07) is 13.0. The van der Waals surface area contributed by atoms with E-state index in [-0.39, 0.29) is 29.1 Å². The van der Waals surface area contributed by atoms with Gasteiger partial charge in [-0.1, -0.05) is 0 Å². The van der Waals surface area contributed by atoms with E-state index in [4.69, 9.17) is 10.7 Å². The average Bonchev–Trinajstić information content (AvgIpc) is 3.50. The van der Waals surface area contributed by atoms with Gasteiger partial charge in [-0.3, -0.25) is 4.79 Å². The number of carbonyl (C=O) groups excluding carboxylic acids is 1. The van der Waals surface area contributed by atoms with Crippen LogP contribution in [-0.2, 0) is 4.79 Å². The Morgan fingerprint density at radius 1 is 1.06 bits per heavy atom. The van der Waals surface area contributed by atoms with Gasteiger partial charge in [0.15, 0.2) is 0 Å². The second-order valence-electron chi connectivity index (χ2n) is 12.0. The lowest BCUT2D eigenvalue weighted by Crippen LogP contribution is -2.63. The minimum absolute atomic E-state index is 0.0245. The van der Waals surface area contributed by atoms with Crippen LogP contribution in [0.1, 0.15) is 66.3 Å². The van der Waals surface area contributed by atoms with E-state index in [0.717, 1.165) is 52.3 Å². The Morgan fingerprint density at radius 3 is 2.46 bits per heavy atom. The molecule has 0 bridgehead atoms. The van der Waals surface area contributed by atoms with Crippen molar-refractivity contribution < 1.29 is 4.79 Å². The standard InChI is InChI=1S/C28H36N6O/c1-16-26(35)32-22-10-8-19(30-18-6-7-18)12-21(22)25-31-23-13-20(9-11-24(23)33(16)25)34-27(2,3)14-17(29)15-28(34,4)5/h8-13,16-18,30H,6-7,14-15,29H2,1-5H3,(H,32,35). The van der Waals surface area contributed by atoms with Crippen molar-refractivity contribution in [1.82, 2.24) is 9.55 Å². The smallest absolute Gasteiger partial charge is 0.247 e. The Balaban J connectivity index is 1.50. The molecule has 0 spiro atoms. The minimum atomic E-state index is -0.367. The maximum Gasteiger partial charge on any atom is 0.247 e. The largest absolute Gasteiger partial charge is 0.382 e. The van der Waals surface area contributed by atoms with Gasteiger partial charge in [-0.25, -0.2) is 4.98 Å². The number of rotatable bonds is 3. The maximum absolute atomic E-state index is 13.1. The zero-order chi connectivity index (χ0) is 24.7. The molecular weight excluding hydrogens is 436 g/mol. The lowest BCUT2D eigenvalue weighted by Gasteiger charge is -2.56. The molecule has 6 rings (SSSR count). The molecular formula is C28H36N6O. The fourth-order valence-electron chi connectivity index (χ4n) is 6.61. The van der Waals surface area contributed by atoms with Gasteiger partial charge < -0.3 is 25.8 Å². The van der Waals surface area contributed by atoms with Crippen LogP contribution in [0.4, 0.5) is 17.1 Å². The van der Waals surface area contributed by atoms with E-state index in [2.05, 4.69) is 72.1 Å². The molecule has 3 heterocycles. The van der Waals surface area contributed by atoms with Crippen LogP contribution in [0.3, 0.4) is 0 Å². The molecule has 1 saturated carbocycles. The molecule has 0 radical (unpaired) electrons. The Kier molecular flexibility index (Phi) is 4.78. The van der Waals surface area contributed by atoms with Gasteiger partial charge in [-0.15, -0.1) is 0 Å². The van der Waals surface area contributed by atoms with Gasteiger partial charge in [-0.2, -0.15) is 0 Å². The third-order valence-corrected chi connectivity index (χ3v) is 7.90. The topological polar surface area (TPSA) is 88.2 Å². The molecule has 1 atom stereocenters. The van der Waals surface area contributed by atoms with Crippen molar-refractivity contribution in [3.05, 3.63) is 36.4 Å². The number of fused-ring (bicyclic) bond motifs is 5. The van der Waals surface area contributed by atoms with E-state index in [0.29, 0.717) is 6.04 Å². The lowest BCUT2D eigenvalue weighted by molar-refractivity contribution is -0.118. The van der Waals surface area contributed by atoms with E-state index in [1.54, 1.807) is 0 Å². The zero-order valence-corrected chi connectivity index (χ0v) is 21.4. The summed E-state index contributed by atoms with van der Waals surface area (Å²) in [4.78, 5) is 20.7. The highest BCUT2D eigenvalue weighted by Gasteiger charge is 2.44. The highest BCUT2D eigenvalue weighted by molar-refractivity contribution is 6.02. The van der Waals surface area contributed by atoms with Crippen LogP contribution in [0, 0.1) is 0 Å². The Morgan fingerprint density at radius 2 is 1.77 bits per heavy atom. The first-order valence-electron chi connectivity index (χ1n) is 12.8. The number of nitrogens with two attached hydrogens (primary N) is 1. The fourth-order valence-corrected chi connectivity index (χ4v) is 6.61. The molecule has 1 amide bonds. The summed E-state index contributed by atoms with van der Waals surface area (Å²) in [5.74, 6) is 0.806. The van der Waals surface area contributed by atoms with E-state index < -0.39 is 0 Å². The van der Waals surface area contributed by atoms with Crippen molar-refractivity contribution in [2.45, 2.75) is 89.5 Å². The van der Waals surface area contributed by atoms with Crippen molar-refractivity contribution in [3.63, 3.8) is 0 Å². The summed E-state index contributed by atoms with van der Waals surface area (Å²) < 4.78 is 2.09. The predicted molar refractivity (Wildman–Crippen MR) is 143 cm³/mol. The molecule has 1 aliphatic carbocycles. The summed E-state index contributed by atoms with van der Waals surface area (Å²) in [5.41, 5.74) is 12.2. The molecule has 3 aliphatic rings. The van der Waals surface area contributed by atoms with Gasteiger partial charge in [0.05, 0.1) is 16.7 Å². The molecule has 184 valence electrons. The highest BCUT2D eigenvalue weighted by Crippen LogP contribution is 2.44. The third kappa shape index (κ3) is 3.68. The van der Waals surface area contributed by atoms with Crippen molar-refractivity contribution in [2.75, 3.05) is 15.5 Å². The van der Waals surface area contributed by atoms with Crippen LogP contribution >= 0.6 is 0 Å². The summed E-state index contributed by atoms with van der Waals surface area (Å²) in [5, 5.41) is 6.69. The summed E-state index contributed by atoms with van der Waals surface area (Å²) in [6.07, 6.45) is 4.30. The van der Waals surface area contributed by atoms with Gasteiger partial charge in [0, 0.05) is 40.1 Å². The van der Waals surface area contributed by atoms with E-state index >= 15 is 0 Å². The monoisotopic (exact) mass is 472 g/mol. The van der Waals surface area contributed by atoms with Gasteiger partial charge in [0.1, 0.15) is 11.9 Å². The van der Waals surface area contributed by atoms with Crippen LogP contribution in [-0.4, -0.2) is 38.6 Å². The Hall–Kier alpha value is -3.06. The van der Waals surface area contributed by atoms with Gasteiger partial charge >= 0.3 is 0 Å². The molecule has 2 fully saturated rings. The molecule has 7 nitrogen and oxygen atoms in total. The van der Waals surface area contributed by atoms with Crippen LogP contribution in [0.2, 0.25) is 0 Å². The second kappa shape index (κ2) is 7.47. The number of amides is 1. The number of aromatic nitrogens is 2. The zero-order valence-electron chi connectivity index (χ0n) is 21.4. The minimum Gasteiger partial charge on any atom is -0.382 e. The molecule has 1 saturated heterocycles. The number of carbonyl (C=O) groups is 1. The lowest BCUT2D eigenvalue weighted by atomic mass is 9.77. The number of nitrogens with one attached hydrogen (secondary N) is 2. The van der Waals surface area contributed by atoms with E-state index in [1.807, 2.05) is 19.1 Å². The maximum atomic E-state index is 13.1. The quantitative estimate of drug-likeness (QED) is 0.483. The second-order valence-corrected chi connectivity index (χ2v) is 12.0. The molecule has 2 aromatic carbocycles. The van der Waals surface area contributed by atoms with Crippen molar-refractivity contribution in [2.24, 2.45) is 5.73 Å². The number of piperidine rings is 1. The number of anilines is 3. The van der Waals surface area contributed by atoms with Crippen molar-refractivity contribution in [3.8, 4) is 11.4 Å². The average molecular weight is 473 g/mol. The Labute approximate surface area is 207 Å². The number of nitrogens with zero attached hydrogens (tertiary/aromatic N) is 3. The number of hydrogen-bond donors (Lipinski definition) is 3. The SMILES string of the molecule is CC1C(=O)Nc2ccc(NC3CC3)cc2-c2nc3cc(N4C(C)(C)CC(N)CC4(C)C)ccc3n21. The molecule has 35 heavy (non-hydrogen) atoms. The fraction of sp³-hybridized carbons (Fsp3) is 0.500. The molecule has 3 aromatic rings. The molecule has 2 aliphatic heterocycles. The van der Waals surface area contributed by atoms with Crippen molar-refractivity contribution >= 4 is 34.0 Å². The number of hydrogen-bond acceptors (Lipinski definition) is 5. The van der Waals surface area contributed by atoms with Crippen LogP contribution in [0.15, 0.2) is 36.4 Å². The third-order valence-electron chi connectivity index (χ3n) is 7.90. The van der Waals surface area contributed by atoms with Crippen LogP contribution in [0.5, 0.6) is 0 Å². The molecule has 4 N–H and O–H groups in total. The van der Waals surface area contributed by atoms with Crippen LogP contribution in [0.25, 0.3) is 22.4 Å².